The van der Waals surface area contributed by atoms with E-state index in [0.717, 1.165) is 12.8 Å². The van der Waals surface area contributed by atoms with Crippen molar-refractivity contribution >= 4 is 0 Å². The van der Waals surface area contributed by atoms with Crippen LogP contribution in [0.3, 0.4) is 0 Å². The van der Waals surface area contributed by atoms with E-state index in [-0.39, 0.29) is 21.1 Å². The molecule has 0 bridgehead atoms. The smallest absolute Gasteiger partial charge is 0.677 e. The van der Waals surface area contributed by atoms with Crippen molar-refractivity contribution in [1.29, 1.82) is 0 Å². The average molecular weight is 300 g/mol. The van der Waals surface area contributed by atoms with Gasteiger partial charge >= 0.3 is 21.1 Å². The molecular formula is C6H16N2W. The molecule has 0 aromatic rings. The molecule has 0 saturated carbocycles. The van der Waals surface area contributed by atoms with Crippen LogP contribution in [-0.4, -0.2) is 13.1 Å². The fourth-order valence-corrected chi connectivity index (χ4v) is 0. The second-order valence-electron chi connectivity index (χ2n) is 1.50. The zero-order chi connectivity index (χ0) is 6.83. The molecule has 0 heterocycles. The first-order valence-electron chi connectivity index (χ1n) is 3.12. The molecule has 0 rings (SSSR count). The predicted molar refractivity (Wildman–Crippen MR) is 39.0 cm³/mol. The van der Waals surface area contributed by atoms with E-state index in [0.29, 0.717) is 13.1 Å². The molecule has 2 nitrogen and oxygen atoms in total. The topological polar surface area (TPSA) is 47.6 Å². The van der Waals surface area contributed by atoms with Gasteiger partial charge in [-0.15, -0.1) is 0 Å². The Morgan fingerprint density at radius 3 is 1.00 bits per heavy atom. The summed E-state index contributed by atoms with van der Waals surface area (Å²) in [5.41, 5.74) is 12.9. The molecule has 2 N–H and O–H groups in total. The molecule has 0 spiro atoms. The largest absolute Gasteiger partial charge is 2.00 e. The van der Waals surface area contributed by atoms with Gasteiger partial charge in [0.15, 0.2) is 0 Å². The van der Waals surface area contributed by atoms with Crippen LogP contribution in [0.25, 0.3) is 11.5 Å². The summed E-state index contributed by atoms with van der Waals surface area (Å²) in [5, 5.41) is 0. The molecule has 0 fully saturated rings. The van der Waals surface area contributed by atoms with Crippen LogP contribution in [0.15, 0.2) is 0 Å². The van der Waals surface area contributed by atoms with E-state index < -0.39 is 0 Å². The summed E-state index contributed by atoms with van der Waals surface area (Å²) in [4.78, 5) is 0. The first-order valence-corrected chi connectivity index (χ1v) is 3.12. The minimum absolute atomic E-state index is 0. The van der Waals surface area contributed by atoms with E-state index in [9.17, 15) is 0 Å². The molecule has 56 valence electrons. The Labute approximate surface area is 72.6 Å². The van der Waals surface area contributed by atoms with Crippen LogP contribution in [0.5, 0.6) is 0 Å². The molecule has 0 unspecified atom stereocenters. The zero-order valence-electron chi connectivity index (χ0n) is 6.24. The van der Waals surface area contributed by atoms with Gasteiger partial charge in [-0.25, -0.2) is 0 Å². The van der Waals surface area contributed by atoms with Gasteiger partial charge in [0, 0.05) is 0 Å². The average Bonchev–Trinajstić information content (AvgIpc) is 1.88. The summed E-state index contributed by atoms with van der Waals surface area (Å²) in [5.74, 6) is 0. The number of hydrogen-bond acceptors (Lipinski definition) is 0. The fraction of sp³-hybridized carbons (Fsp3) is 1.00. The summed E-state index contributed by atoms with van der Waals surface area (Å²) in [6.07, 6.45) is 1.97. The van der Waals surface area contributed by atoms with Gasteiger partial charge in [-0.05, 0) is 0 Å². The van der Waals surface area contributed by atoms with Gasteiger partial charge in [-0.2, -0.15) is 13.1 Å². The van der Waals surface area contributed by atoms with Crippen molar-refractivity contribution in [3.63, 3.8) is 0 Å². The molecular weight excluding hydrogens is 284 g/mol. The quantitative estimate of drug-likeness (QED) is 0.753. The SMILES string of the molecule is CCC[NH-].CCC[NH-].[W+2]. The maximum Gasteiger partial charge on any atom is 2.00 e. The third-order valence-electron chi connectivity index (χ3n) is 0.500. The van der Waals surface area contributed by atoms with Gasteiger partial charge in [0.1, 0.15) is 0 Å². The van der Waals surface area contributed by atoms with E-state index >= 15 is 0 Å². The van der Waals surface area contributed by atoms with Gasteiger partial charge in [0.05, 0.1) is 0 Å². The van der Waals surface area contributed by atoms with Gasteiger partial charge in [-0.1, -0.05) is 26.7 Å². The first kappa shape index (κ1) is 16.3. The van der Waals surface area contributed by atoms with Crippen molar-refractivity contribution in [1.82, 2.24) is 0 Å². The van der Waals surface area contributed by atoms with Crippen LogP contribution < -0.4 is 0 Å². The minimum atomic E-state index is 0. The van der Waals surface area contributed by atoms with E-state index in [1.165, 1.54) is 0 Å². The van der Waals surface area contributed by atoms with Crippen molar-refractivity contribution in [3.8, 4) is 0 Å². The molecule has 0 amide bonds. The molecule has 0 saturated heterocycles. The Morgan fingerprint density at radius 2 is 1.00 bits per heavy atom. The summed E-state index contributed by atoms with van der Waals surface area (Å²) >= 11 is 0. The van der Waals surface area contributed by atoms with Crippen LogP contribution in [0.4, 0.5) is 0 Å². The van der Waals surface area contributed by atoms with Gasteiger partial charge in [0.25, 0.3) is 0 Å². The van der Waals surface area contributed by atoms with Crippen molar-refractivity contribution in [2.45, 2.75) is 26.7 Å². The van der Waals surface area contributed by atoms with Crippen LogP contribution >= 0.6 is 0 Å². The van der Waals surface area contributed by atoms with Gasteiger partial charge < -0.3 is 11.5 Å². The summed E-state index contributed by atoms with van der Waals surface area (Å²) in [6, 6.07) is 0. The van der Waals surface area contributed by atoms with Crippen molar-refractivity contribution < 1.29 is 21.1 Å². The Kier molecular flexibility index (Phi) is 42.5. The molecule has 0 aromatic carbocycles. The van der Waals surface area contributed by atoms with Crippen molar-refractivity contribution in [2.24, 2.45) is 0 Å². The van der Waals surface area contributed by atoms with E-state index in [1.54, 1.807) is 0 Å². The molecule has 0 radical (unpaired) electrons. The zero-order valence-corrected chi connectivity index (χ0v) is 9.17. The van der Waals surface area contributed by atoms with Gasteiger partial charge in [0.2, 0.25) is 0 Å². The molecule has 0 aliphatic carbocycles. The predicted octanol–water partition coefficient (Wildman–Crippen LogP) is 2.89. The molecule has 0 aliphatic rings. The standard InChI is InChI=1S/2C3H8N.W/c2*1-2-3-4;/h2*4H,2-3H2,1H3;/q2*-1;+2. The Hall–Kier alpha value is 0.608. The van der Waals surface area contributed by atoms with E-state index in [2.05, 4.69) is 0 Å². The third-order valence-corrected chi connectivity index (χ3v) is 0.500. The van der Waals surface area contributed by atoms with Crippen molar-refractivity contribution in [3.05, 3.63) is 11.5 Å². The second kappa shape index (κ2) is 23.5. The first-order chi connectivity index (χ1) is 3.83. The van der Waals surface area contributed by atoms with Gasteiger partial charge in [-0.3, -0.25) is 0 Å². The number of nitrogens with one attached hydrogen (secondary N) is 2. The number of rotatable bonds is 2. The molecule has 0 aliphatic heterocycles. The van der Waals surface area contributed by atoms with E-state index in [1.807, 2.05) is 13.8 Å². The maximum atomic E-state index is 6.45. The third kappa shape index (κ3) is 55.3. The van der Waals surface area contributed by atoms with E-state index in [4.69, 9.17) is 11.5 Å². The summed E-state index contributed by atoms with van der Waals surface area (Å²) in [7, 11) is 0. The van der Waals surface area contributed by atoms with Crippen LogP contribution in [-0.2, 0) is 21.1 Å². The normalized spacial score (nSPS) is 6.67. The maximum absolute atomic E-state index is 6.45. The monoisotopic (exact) mass is 300 g/mol. The van der Waals surface area contributed by atoms with Crippen molar-refractivity contribution in [2.75, 3.05) is 13.1 Å². The Balaban J connectivity index is -0.0000000720. The van der Waals surface area contributed by atoms with Crippen LogP contribution in [0, 0.1) is 0 Å². The minimum Gasteiger partial charge on any atom is -0.677 e. The van der Waals surface area contributed by atoms with Crippen LogP contribution in [0.1, 0.15) is 26.7 Å². The molecule has 3 heteroatoms. The Bertz CT molecular complexity index is 19.0. The second-order valence-corrected chi connectivity index (χ2v) is 1.50. The fourth-order valence-electron chi connectivity index (χ4n) is 0. The summed E-state index contributed by atoms with van der Waals surface area (Å²) in [6.45, 7) is 5.12. The molecule has 9 heavy (non-hydrogen) atoms. The number of hydrogen-bond donors (Lipinski definition) is 0. The summed E-state index contributed by atoms with van der Waals surface area (Å²) < 4.78 is 0. The molecule has 0 atom stereocenters. The van der Waals surface area contributed by atoms with Crippen LogP contribution in [0.2, 0.25) is 0 Å². The Morgan fingerprint density at radius 1 is 0.889 bits per heavy atom. The molecule has 0 aromatic heterocycles.